The van der Waals surface area contributed by atoms with E-state index in [1.165, 1.54) is 0 Å². The standard InChI is InChI=1S/C11H17NO2S.ClH/c1-2-4-10(12)11(13)8-15-7-9-5-3-6-14-9;/h3,5-6,10H,2,4,7-8,12H2,1H3;1H. The van der Waals surface area contributed by atoms with Gasteiger partial charge in [-0.05, 0) is 18.6 Å². The summed E-state index contributed by atoms with van der Waals surface area (Å²) in [5.41, 5.74) is 5.70. The number of nitrogens with two attached hydrogens (primary N) is 1. The maximum atomic E-state index is 11.5. The van der Waals surface area contributed by atoms with Crippen molar-refractivity contribution in [2.24, 2.45) is 5.73 Å². The van der Waals surface area contributed by atoms with Crippen molar-refractivity contribution in [3.8, 4) is 0 Å². The molecule has 0 radical (unpaired) electrons. The maximum Gasteiger partial charge on any atom is 0.159 e. The van der Waals surface area contributed by atoms with E-state index in [0.717, 1.165) is 24.4 Å². The normalized spacial score (nSPS) is 11.9. The van der Waals surface area contributed by atoms with Crippen LogP contribution >= 0.6 is 24.2 Å². The van der Waals surface area contributed by atoms with Crippen LogP contribution in [0.1, 0.15) is 25.5 Å². The first-order valence-corrected chi connectivity index (χ1v) is 6.28. The Bertz CT molecular complexity index is 290. The second kappa shape index (κ2) is 8.67. The Balaban J connectivity index is 0.00000225. The van der Waals surface area contributed by atoms with Gasteiger partial charge in [-0.25, -0.2) is 0 Å². The van der Waals surface area contributed by atoms with Gasteiger partial charge in [0.25, 0.3) is 0 Å². The smallest absolute Gasteiger partial charge is 0.159 e. The van der Waals surface area contributed by atoms with E-state index >= 15 is 0 Å². The third-order valence-electron chi connectivity index (χ3n) is 2.08. The molecule has 1 unspecified atom stereocenters. The van der Waals surface area contributed by atoms with Gasteiger partial charge < -0.3 is 10.2 Å². The van der Waals surface area contributed by atoms with Crippen molar-refractivity contribution in [2.45, 2.75) is 31.6 Å². The highest BCUT2D eigenvalue weighted by atomic mass is 35.5. The maximum absolute atomic E-state index is 11.5. The summed E-state index contributed by atoms with van der Waals surface area (Å²) in [6.45, 7) is 2.03. The lowest BCUT2D eigenvalue weighted by Crippen LogP contribution is -2.31. The average molecular weight is 264 g/mol. The molecule has 1 aromatic heterocycles. The summed E-state index contributed by atoms with van der Waals surface area (Å²) in [7, 11) is 0. The lowest BCUT2D eigenvalue weighted by atomic mass is 10.1. The Morgan fingerprint density at radius 3 is 2.94 bits per heavy atom. The summed E-state index contributed by atoms with van der Waals surface area (Å²) in [6.07, 6.45) is 3.37. The van der Waals surface area contributed by atoms with Gasteiger partial charge in [-0.3, -0.25) is 4.79 Å². The molecular formula is C11H18ClNO2S. The molecular weight excluding hydrogens is 246 g/mol. The molecule has 16 heavy (non-hydrogen) atoms. The van der Waals surface area contributed by atoms with E-state index < -0.39 is 0 Å². The molecule has 0 amide bonds. The molecule has 1 aromatic rings. The van der Waals surface area contributed by atoms with Crippen LogP contribution in [0, 0.1) is 0 Å². The minimum Gasteiger partial charge on any atom is -0.468 e. The molecule has 0 aliphatic heterocycles. The first kappa shape index (κ1) is 15.6. The first-order chi connectivity index (χ1) is 7.24. The highest BCUT2D eigenvalue weighted by molar-refractivity contribution is 7.99. The number of ketones is 1. The van der Waals surface area contributed by atoms with Crippen molar-refractivity contribution < 1.29 is 9.21 Å². The minimum absolute atomic E-state index is 0. The van der Waals surface area contributed by atoms with Gasteiger partial charge in [0.05, 0.1) is 23.8 Å². The summed E-state index contributed by atoms with van der Waals surface area (Å²) in [5.74, 6) is 2.24. The lowest BCUT2D eigenvalue weighted by Gasteiger charge is -2.07. The van der Waals surface area contributed by atoms with Crippen molar-refractivity contribution >= 4 is 30.0 Å². The molecule has 0 aliphatic carbocycles. The van der Waals surface area contributed by atoms with Gasteiger partial charge in [-0.1, -0.05) is 13.3 Å². The van der Waals surface area contributed by atoms with Crippen LogP contribution in [0.5, 0.6) is 0 Å². The van der Waals surface area contributed by atoms with Crippen LogP contribution < -0.4 is 5.73 Å². The molecule has 5 heteroatoms. The number of hydrogen-bond acceptors (Lipinski definition) is 4. The van der Waals surface area contributed by atoms with Crippen LogP contribution in [0.3, 0.4) is 0 Å². The van der Waals surface area contributed by atoms with Gasteiger partial charge in [0.15, 0.2) is 5.78 Å². The zero-order chi connectivity index (χ0) is 11.1. The minimum atomic E-state index is -0.292. The fraction of sp³-hybridized carbons (Fsp3) is 0.545. The van der Waals surface area contributed by atoms with Crippen LogP contribution in [-0.2, 0) is 10.5 Å². The van der Waals surface area contributed by atoms with Crippen LogP contribution in [0.25, 0.3) is 0 Å². The van der Waals surface area contributed by atoms with E-state index in [1.807, 2.05) is 19.1 Å². The fourth-order valence-corrected chi connectivity index (χ4v) is 2.11. The lowest BCUT2D eigenvalue weighted by molar-refractivity contribution is -0.117. The Hall–Kier alpha value is -0.450. The number of carbonyl (C=O) groups is 1. The van der Waals surface area contributed by atoms with Crippen LogP contribution in [0.15, 0.2) is 22.8 Å². The Labute approximate surface area is 107 Å². The van der Waals surface area contributed by atoms with Gasteiger partial charge in [0.2, 0.25) is 0 Å². The molecule has 3 nitrogen and oxygen atoms in total. The summed E-state index contributed by atoms with van der Waals surface area (Å²) in [6, 6.07) is 3.46. The van der Waals surface area contributed by atoms with Crippen molar-refractivity contribution in [3.05, 3.63) is 24.2 Å². The molecule has 2 N–H and O–H groups in total. The fourth-order valence-electron chi connectivity index (χ4n) is 1.23. The second-order valence-electron chi connectivity index (χ2n) is 3.43. The van der Waals surface area contributed by atoms with Gasteiger partial charge >= 0.3 is 0 Å². The second-order valence-corrected chi connectivity index (χ2v) is 4.42. The molecule has 1 atom stereocenters. The zero-order valence-electron chi connectivity index (χ0n) is 9.35. The summed E-state index contributed by atoms with van der Waals surface area (Å²) < 4.78 is 5.16. The number of furan rings is 1. The number of Topliss-reactive ketones (excluding diaryl/α,β-unsaturated/α-hetero) is 1. The Kier molecular flexibility index (Phi) is 8.43. The SMILES string of the molecule is CCCC(N)C(=O)CSCc1ccco1.Cl. The molecule has 1 heterocycles. The number of thioether (sulfide) groups is 1. The zero-order valence-corrected chi connectivity index (χ0v) is 11.0. The van der Waals surface area contributed by atoms with E-state index in [4.69, 9.17) is 10.2 Å². The van der Waals surface area contributed by atoms with E-state index in [9.17, 15) is 4.79 Å². The largest absolute Gasteiger partial charge is 0.468 e. The number of carbonyl (C=O) groups excluding carboxylic acids is 1. The molecule has 0 saturated heterocycles. The molecule has 0 aliphatic rings. The molecule has 0 bridgehead atoms. The number of hydrogen-bond donors (Lipinski definition) is 1. The van der Waals surface area contributed by atoms with Crippen molar-refractivity contribution in [3.63, 3.8) is 0 Å². The molecule has 0 spiro atoms. The van der Waals surface area contributed by atoms with E-state index in [0.29, 0.717) is 5.75 Å². The quantitative estimate of drug-likeness (QED) is 0.822. The summed E-state index contributed by atoms with van der Waals surface area (Å²) >= 11 is 1.55. The van der Waals surface area contributed by atoms with E-state index in [-0.39, 0.29) is 24.2 Å². The van der Waals surface area contributed by atoms with Crippen molar-refractivity contribution in [1.82, 2.24) is 0 Å². The highest BCUT2D eigenvalue weighted by Gasteiger charge is 2.12. The number of halogens is 1. The van der Waals surface area contributed by atoms with Gasteiger partial charge in [-0.2, -0.15) is 0 Å². The number of rotatable bonds is 7. The predicted molar refractivity (Wildman–Crippen MR) is 70.0 cm³/mol. The molecule has 0 fully saturated rings. The molecule has 0 aromatic carbocycles. The topological polar surface area (TPSA) is 56.2 Å². The Morgan fingerprint density at radius 2 is 2.38 bits per heavy atom. The summed E-state index contributed by atoms with van der Waals surface area (Å²) in [5, 5.41) is 0. The van der Waals surface area contributed by atoms with E-state index in [1.54, 1.807) is 18.0 Å². The highest BCUT2D eigenvalue weighted by Crippen LogP contribution is 2.13. The third kappa shape index (κ3) is 5.58. The van der Waals surface area contributed by atoms with Gasteiger partial charge in [0.1, 0.15) is 5.76 Å². The van der Waals surface area contributed by atoms with Gasteiger partial charge in [-0.15, -0.1) is 24.2 Å². The van der Waals surface area contributed by atoms with Crippen LogP contribution in [0.4, 0.5) is 0 Å². The predicted octanol–water partition coefficient (Wildman–Crippen LogP) is 2.63. The molecule has 1 rings (SSSR count). The van der Waals surface area contributed by atoms with Gasteiger partial charge in [0, 0.05) is 0 Å². The van der Waals surface area contributed by atoms with Crippen LogP contribution in [0.2, 0.25) is 0 Å². The van der Waals surface area contributed by atoms with Crippen LogP contribution in [-0.4, -0.2) is 17.6 Å². The average Bonchev–Trinajstić information content (AvgIpc) is 2.71. The summed E-state index contributed by atoms with van der Waals surface area (Å²) in [4.78, 5) is 11.5. The van der Waals surface area contributed by atoms with E-state index in [2.05, 4.69) is 0 Å². The van der Waals surface area contributed by atoms with Crippen molar-refractivity contribution in [2.75, 3.05) is 5.75 Å². The third-order valence-corrected chi connectivity index (χ3v) is 3.06. The Morgan fingerprint density at radius 1 is 1.62 bits per heavy atom. The van der Waals surface area contributed by atoms with Crippen molar-refractivity contribution in [1.29, 1.82) is 0 Å². The first-order valence-electron chi connectivity index (χ1n) is 5.12. The molecule has 92 valence electrons. The molecule has 0 saturated carbocycles. The monoisotopic (exact) mass is 263 g/mol.